The van der Waals surface area contributed by atoms with Crippen LogP contribution in [0.4, 0.5) is 0 Å². The van der Waals surface area contributed by atoms with Gasteiger partial charge >= 0.3 is 5.97 Å². The molecule has 4 aromatic rings. The van der Waals surface area contributed by atoms with Gasteiger partial charge in [-0.2, -0.15) is 0 Å². The van der Waals surface area contributed by atoms with E-state index in [1.54, 1.807) is 31.8 Å². The number of hydrogen-bond acceptors (Lipinski definition) is 5. The third-order valence-corrected chi connectivity index (χ3v) is 4.55. The van der Waals surface area contributed by atoms with E-state index in [0.29, 0.717) is 35.0 Å². The number of carboxylic acids is 1. The van der Waals surface area contributed by atoms with Crippen LogP contribution in [0.3, 0.4) is 0 Å². The molecular formula is C21H20N4O4. The number of ether oxygens (including phenoxy) is 2. The van der Waals surface area contributed by atoms with Crippen molar-refractivity contribution in [3.8, 4) is 22.9 Å². The Morgan fingerprint density at radius 2 is 2.17 bits per heavy atom. The highest BCUT2D eigenvalue weighted by atomic mass is 16.5. The van der Waals surface area contributed by atoms with E-state index in [1.807, 2.05) is 29.0 Å². The third-order valence-electron chi connectivity index (χ3n) is 4.55. The molecule has 2 aromatic heterocycles. The summed E-state index contributed by atoms with van der Waals surface area (Å²) < 4.78 is 13.5. The number of aromatic nitrogens is 4. The number of benzene rings is 2. The minimum absolute atomic E-state index is 0.203. The first-order valence-electron chi connectivity index (χ1n) is 9.14. The molecule has 29 heavy (non-hydrogen) atoms. The van der Waals surface area contributed by atoms with Crippen molar-refractivity contribution in [1.82, 2.24) is 19.5 Å². The second kappa shape index (κ2) is 8.05. The Bertz CT molecular complexity index is 1140. The molecule has 2 N–H and O–H groups in total. The fraction of sp³-hybridized carbons (Fsp3) is 0.190. The molecule has 2 aromatic carbocycles. The van der Waals surface area contributed by atoms with Crippen LogP contribution in [0.25, 0.3) is 22.4 Å². The summed E-state index contributed by atoms with van der Waals surface area (Å²) in [5.74, 6) is 0.812. The summed E-state index contributed by atoms with van der Waals surface area (Å²) >= 11 is 0. The van der Waals surface area contributed by atoms with Crippen molar-refractivity contribution in [3.63, 3.8) is 0 Å². The lowest BCUT2D eigenvalue weighted by molar-refractivity contribution is 0.0697. The molecule has 0 saturated heterocycles. The maximum Gasteiger partial charge on any atom is 0.335 e. The van der Waals surface area contributed by atoms with E-state index in [1.165, 1.54) is 6.07 Å². The highest BCUT2D eigenvalue weighted by Gasteiger charge is 2.16. The van der Waals surface area contributed by atoms with Crippen LogP contribution >= 0.6 is 0 Å². The van der Waals surface area contributed by atoms with Crippen molar-refractivity contribution in [1.29, 1.82) is 0 Å². The van der Waals surface area contributed by atoms with Crippen LogP contribution in [0, 0.1) is 0 Å². The summed E-state index contributed by atoms with van der Waals surface area (Å²) in [6, 6.07) is 10.4. The molecule has 0 bridgehead atoms. The predicted molar refractivity (Wildman–Crippen MR) is 107 cm³/mol. The molecule has 2 heterocycles. The van der Waals surface area contributed by atoms with Gasteiger partial charge in [-0.05, 0) is 36.8 Å². The number of nitrogens with one attached hydrogen (secondary N) is 1. The number of aromatic amines is 1. The van der Waals surface area contributed by atoms with Crippen molar-refractivity contribution < 1.29 is 19.4 Å². The Morgan fingerprint density at radius 1 is 1.28 bits per heavy atom. The van der Waals surface area contributed by atoms with Gasteiger partial charge in [-0.15, -0.1) is 0 Å². The van der Waals surface area contributed by atoms with Crippen LogP contribution in [-0.4, -0.2) is 44.3 Å². The molecule has 8 nitrogen and oxygen atoms in total. The Hall–Kier alpha value is -3.81. The maximum absolute atomic E-state index is 11.2. The van der Waals surface area contributed by atoms with Crippen molar-refractivity contribution >= 4 is 17.0 Å². The van der Waals surface area contributed by atoms with Gasteiger partial charge in [0.25, 0.3) is 0 Å². The highest BCUT2D eigenvalue weighted by Crippen LogP contribution is 2.37. The number of aryl methyl sites for hydroxylation is 1. The zero-order valence-electron chi connectivity index (χ0n) is 15.8. The standard InChI is InChI=1S/C21H20N4O4/c1-28-18-5-2-4-15(19(18)29-11-3-9-25-10-8-22-13-25)20-23-16-7-6-14(21(26)27)12-17(16)24-20/h2,4-8,10,12-13H,3,9,11H2,1H3,(H,23,24)(H,26,27). The molecule has 0 aliphatic rings. The van der Waals surface area contributed by atoms with E-state index in [0.717, 1.165) is 18.5 Å². The quantitative estimate of drug-likeness (QED) is 0.444. The molecule has 0 radical (unpaired) electrons. The summed E-state index contributed by atoms with van der Waals surface area (Å²) in [5, 5.41) is 9.19. The van der Waals surface area contributed by atoms with Gasteiger partial charge in [0.15, 0.2) is 11.5 Å². The average molecular weight is 392 g/mol. The largest absolute Gasteiger partial charge is 0.493 e. The number of para-hydroxylation sites is 1. The Morgan fingerprint density at radius 3 is 2.93 bits per heavy atom. The number of rotatable bonds is 8. The second-order valence-electron chi connectivity index (χ2n) is 6.46. The topological polar surface area (TPSA) is 102 Å². The van der Waals surface area contributed by atoms with E-state index in [9.17, 15) is 9.90 Å². The fourth-order valence-corrected chi connectivity index (χ4v) is 3.12. The van der Waals surface area contributed by atoms with E-state index >= 15 is 0 Å². The monoisotopic (exact) mass is 392 g/mol. The first-order valence-corrected chi connectivity index (χ1v) is 9.14. The molecule has 0 fully saturated rings. The van der Waals surface area contributed by atoms with E-state index < -0.39 is 5.97 Å². The molecule has 4 rings (SSSR count). The minimum atomic E-state index is -0.980. The van der Waals surface area contributed by atoms with Gasteiger partial charge in [0.2, 0.25) is 0 Å². The predicted octanol–water partition coefficient (Wildman–Crippen LogP) is 3.60. The van der Waals surface area contributed by atoms with Crippen molar-refractivity contribution in [3.05, 3.63) is 60.7 Å². The number of fused-ring (bicyclic) bond motifs is 1. The lowest BCUT2D eigenvalue weighted by Crippen LogP contribution is -2.05. The second-order valence-corrected chi connectivity index (χ2v) is 6.46. The maximum atomic E-state index is 11.2. The van der Waals surface area contributed by atoms with Gasteiger partial charge in [-0.1, -0.05) is 6.07 Å². The molecule has 0 aliphatic carbocycles. The number of H-pyrrole nitrogens is 1. The molecule has 148 valence electrons. The summed E-state index contributed by atoms with van der Waals surface area (Å²) in [6.45, 7) is 1.29. The van der Waals surface area contributed by atoms with Gasteiger partial charge in [-0.25, -0.2) is 14.8 Å². The van der Waals surface area contributed by atoms with Gasteiger partial charge in [0.05, 0.1) is 42.2 Å². The lowest BCUT2D eigenvalue weighted by Gasteiger charge is -2.14. The van der Waals surface area contributed by atoms with Crippen LogP contribution in [0.2, 0.25) is 0 Å². The molecular weight excluding hydrogens is 372 g/mol. The minimum Gasteiger partial charge on any atom is -0.493 e. The van der Waals surface area contributed by atoms with Crippen LogP contribution in [-0.2, 0) is 6.54 Å². The summed E-state index contributed by atoms with van der Waals surface area (Å²) in [4.78, 5) is 23.0. The number of hydrogen-bond donors (Lipinski definition) is 2. The first-order chi connectivity index (χ1) is 14.2. The molecule has 0 unspecified atom stereocenters. The van der Waals surface area contributed by atoms with Crippen molar-refractivity contribution in [2.75, 3.05) is 13.7 Å². The number of imidazole rings is 2. The smallest absolute Gasteiger partial charge is 0.335 e. The van der Waals surface area contributed by atoms with Crippen LogP contribution in [0.15, 0.2) is 55.1 Å². The Kier molecular flexibility index (Phi) is 5.15. The van der Waals surface area contributed by atoms with E-state index in [-0.39, 0.29) is 5.56 Å². The summed E-state index contributed by atoms with van der Waals surface area (Å²) in [5.41, 5.74) is 2.28. The number of methoxy groups -OCH3 is 1. The van der Waals surface area contributed by atoms with Gasteiger partial charge in [0, 0.05) is 18.9 Å². The normalized spacial score (nSPS) is 10.9. The molecule has 8 heteroatoms. The number of aromatic carboxylic acids is 1. The number of nitrogens with zero attached hydrogens (tertiary/aromatic N) is 3. The van der Waals surface area contributed by atoms with Crippen LogP contribution < -0.4 is 9.47 Å². The molecule has 0 aliphatic heterocycles. The van der Waals surface area contributed by atoms with Gasteiger partial charge in [-0.3, -0.25) is 0 Å². The Balaban J connectivity index is 1.61. The lowest BCUT2D eigenvalue weighted by atomic mass is 10.1. The molecule has 0 atom stereocenters. The third kappa shape index (κ3) is 3.91. The number of carbonyl (C=O) groups is 1. The zero-order chi connectivity index (χ0) is 20.2. The van der Waals surface area contributed by atoms with Gasteiger partial charge in [0.1, 0.15) is 5.82 Å². The molecule has 0 saturated carbocycles. The van der Waals surface area contributed by atoms with Crippen LogP contribution in [0.1, 0.15) is 16.8 Å². The summed E-state index contributed by atoms with van der Waals surface area (Å²) in [6.07, 6.45) is 6.23. The average Bonchev–Trinajstić information content (AvgIpc) is 3.39. The van der Waals surface area contributed by atoms with E-state index in [2.05, 4.69) is 15.0 Å². The highest BCUT2D eigenvalue weighted by molar-refractivity contribution is 5.93. The molecule has 0 amide bonds. The zero-order valence-corrected chi connectivity index (χ0v) is 15.8. The fourth-order valence-electron chi connectivity index (χ4n) is 3.12. The van der Waals surface area contributed by atoms with Gasteiger partial charge < -0.3 is 24.1 Å². The Labute approximate surface area is 166 Å². The van der Waals surface area contributed by atoms with E-state index in [4.69, 9.17) is 9.47 Å². The van der Waals surface area contributed by atoms with Crippen molar-refractivity contribution in [2.45, 2.75) is 13.0 Å². The SMILES string of the molecule is COc1cccc(-c2nc3ccc(C(=O)O)cc3[nH]2)c1OCCCn1ccnc1. The summed E-state index contributed by atoms with van der Waals surface area (Å²) in [7, 11) is 1.59. The number of carboxylic acid groups (broad SMARTS) is 1. The molecule has 0 spiro atoms. The van der Waals surface area contributed by atoms with Crippen LogP contribution in [0.5, 0.6) is 11.5 Å². The first kappa shape index (κ1) is 18.5. The van der Waals surface area contributed by atoms with Crippen molar-refractivity contribution in [2.24, 2.45) is 0 Å².